The molecule has 98 valence electrons. The molecule has 1 aromatic carbocycles. The fourth-order valence-corrected chi connectivity index (χ4v) is 2.16. The summed E-state index contributed by atoms with van der Waals surface area (Å²) in [5.41, 5.74) is 1.89. The minimum atomic E-state index is 0.326. The number of nitrogens with zero attached hydrogens (tertiary/aromatic N) is 3. The summed E-state index contributed by atoms with van der Waals surface area (Å²) in [7, 11) is 0. The van der Waals surface area contributed by atoms with Crippen LogP contribution in [0.25, 0.3) is 23.0 Å². The molecule has 2 aromatic heterocycles. The number of rotatable bonds is 2. The molecule has 0 unspecified atom stereocenters. The summed E-state index contributed by atoms with van der Waals surface area (Å²) in [5.74, 6) is 0.776. The van der Waals surface area contributed by atoms with Gasteiger partial charge in [-0.15, -0.1) is 0 Å². The first kappa shape index (κ1) is 12.9. The zero-order valence-electron chi connectivity index (χ0n) is 9.89. The molecule has 0 aliphatic heterocycles. The lowest BCUT2D eigenvalue weighted by Gasteiger charge is -1.97. The van der Waals surface area contributed by atoms with Crippen molar-refractivity contribution in [1.29, 1.82) is 5.26 Å². The Labute approximate surface area is 127 Å². The standard InChI is InChI=1S/C13H6BrClN4O/c14-9-4-8(1-2-10(9)15)12-18-13(20-19-12)11-3-7(5-16)6-17-11/h1-4,6,17H. The number of aromatic nitrogens is 3. The number of halogens is 2. The molecular formula is C13H6BrClN4O. The Hall–Kier alpha value is -2.10. The maximum absolute atomic E-state index is 8.78. The van der Waals surface area contributed by atoms with Gasteiger partial charge in [0.15, 0.2) is 0 Å². The number of hydrogen-bond donors (Lipinski definition) is 1. The van der Waals surface area contributed by atoms with E-state index in [1.165, 1.54) is 0 Å². The highest BCUT2D eigenvalue weighted by Crippen LogP contribution is 2.28. The van der Waals surface area contributed by atoms with Gasteiger partial charge in [0.2, 0.25) is 5.82 Å². The molecule has 2 heterocycles. The van der Waals surface area contributed by atoms with Crippen LogP contribution in [-0.4, -0.2) is 15.1 Å². The predicted octanol–water partition coefficient (Wildman–Crippen LogP) is 4.02. The highest BCUT2D eigenvalue weighted by atomic mass is 79.9. The van der Waals surface area contributed by atoms with E-state index < -0.39 is 0 Å². The molecule has 7 heteroatoms. The van der Waals surface area contributed by atoms with Gasteiger partial charge in [0.1, 0.15) is 11.8 Å². The summed E-state index contributed by atoms with van der Waals surface area (Å²) in [4.78, 5) is 7.20. The Morgan fingerprint density at radius 1 is 1.35 bits per heavy atom. The van der Waals surface area contributed by atoms with Crippen LogP contribution < -0.4 is 0 Å². The van der Waals surface area contributed by atoms with E-state index in [4.69, 9.17) is 21.4 Å². The Balaban J connectivity index is 1.97. The highest BCUT2D eigenvalue weighted by molar-refractivity contribution is 9.10. The minimum absolute atomic E-state index is 0.326. The molecule has 0 atom stereocenters. The maximum atomic E-state index is 8.78. The van der Waals surface area contributed by atoms with E-state index in [1.807, 2.05) is 12.1 Å². The van der Waals surface area contributed by atoms with Crippen LogP contribution in [0.2, 0.25) is 5.02 Å². The van der Waals surface area contributed by atoms with Crippen molar-refractivity contribution in [3.63, 3.8) is 0 Å². The van der Waals surface area contributed by atoms with Crippen LogP contribution in [0.15, 0.2) is 39.5 Å². The quantitative estimate of drug-likeness (QED) is 0.758. The van der Waals surface area contributed by atoms with Gasteiger partial charge < -0.3 is 9.51 Å². The van der Waals surface area contributed by atoms with Gasteiger partial charge in [-0.3, -0.25) is 0 Å². The fraction of sp³-hybridized carbons (Fsp3) is 0. The number of aromatic amines is 1. The minimum Gasteiger partial charge on any atom is -0.356 e. The molecule has 5 nitrogen and oxygen atoms in total. The van der Waals surface area contributed by atoms with E-state index in [9.17, 15) is 0 Å². The van der Waals surface area contributed by atoms with Crippen molar-refractivity contribution < 1.29 is 4.52 Å². The molecule has 0 aliphatic carbocycles. The molecule has 3 rings (SSSR count). The van der Waals surface area contributed by atoms with Gasteiger partial charge in [-0.2, -0.15) is 10.2 Å². The predicted molar refractivity (Wildman–Crippen MR) is 76.9 cm³/mol. The summed E-state index contributed by atoms with van der Waals surface area (Å²) in [6.07, 6.45) is 1.58. The molecule has 3 aromatic rings. The first-order chi connectivity index (χ1) is 9.67. The summed E-state index contributed by atoms with van der Waals surface area (Å²) in [6, 6.07) is 9.04. The Bertz CT molecular complexity index is 818. The third-order valence-electron chi connectivity index (χ3n) is 2.65. The molecule has 20 heavy (non-hydrogen) atoms. The van der Waals surface area contributed by atoms with Gasteiger partial charge >= 0.3 is 0 Å². The van der Waals surface area contributed by atoms with Gasteiger partial charge in [-0.05, 0) is 40.2 Å². The average Bonchev–Trinajstić information content (AvgIpc) is 3.09. The molecule has 0 fully saturated rings. The number of nitrogens with one attached hydrogen (secondary N) is 1. The van der Waals surface area contributed by atoms with E-state index in [0.717, 1.165) is 10.0 Å². The molecule has 0 saturated heterocycles. The van der Waals surface area contributed by atoms with Crippen LogP contribution in [0.3, 0.4) is 0 Å². The monoisotopic (exact) mass is 348 g/mol. The van der Waals surface area contributed by atoms with Crippen molar-refractivity contribution in [2.75, 3.05) is 0 Å². The fourth-order valence-electron chi connectivity index (χ4n) is 1.67. The Morgan fingerprint density at radius 2 is 2.20 bits per heavy atom. The van der Waals surface area contributed by atoms with Crippen LogP contribution in [-0.2, 0) is 0 Å². The van der Waals surface area contributed by atoms with Crippen molar-refractivity contribution in [3.8, 4) is 29.0 Å². The summed E-state index contributed by atoms with van der Waals surface area (Å²) >= 11 is 9.29. The maximum Gasteiger partial charge on any atom is 0.274 e. The molecule has 0 aliphatic rings. The van der Waals surface area contributed by atoms with Crippen molar-refractivity contribution in [1.82, 2.24) is 15.1 Å². The number of hydrogen-bond acceptors (Lipinski definition) is 4. The first-order valence-electron chi connectivity index (χ1n) is 5.55. The molecule has 0 amide bonds. The van der Waals surface area contributed by atoms with E-state index in [0.29, 0.717) is 28.0 Å². The molecule has 1 N–H and O–H groups in total. The van der Waals surface area contributed by atoms with Crippen molar-refractivity contribution in [2.24, 2.45) is 0 Å². The highest BCUT2D eigenvalue weighted by Gasteiger charge is 2.13. The Kier molecular flexibility index (Phi) is 3.30. The van der Waals surface area contributed by atoms with E-state index >= 15 is 0 Å². The van der Waals surface area contributed by atoms with Crippen molar-refractivity contribution in [2.45, 2.75) is 0 Å². The Morgan fingerprint density at radius 3 is 2.90 bits per heavy atom. The third-order valence-corrected chi connectivity index (χ3v) is 3.86. The molecule has 0 spiro atoms. The largest absolute Gasteiger partial charge is 0.356 e. The molecule has 0 saturated carbocycles. The van der Waals surface area contributed by atoms with Crippen LogP contribution in [0, 0.1) is 11.3 Å². The van der Waals surface area contributed by atoms with Crippen molar-refractivity contribution >= 4 is 27.5 Å². The lowest BCUT2D eigenvalue weighted by Crippen LogP contribution is -1.82. The van der Waals surface area contributed by atoms with Gasteiger partial charge in [0.25, 0.3) is 5.89 Å². The first-order valence-corrected chi connectivity index (χ1v) is 6.72. The van der Waals surface area contributed by atoms with Gasteiger partial charge in [0.05, 0.1) is 10.6 Å². The van der Waals surface area contributed by atoms with E-state index in [1.54, 1.807) is 24.4 Å². The van der Waals surface area contributed by atoms with Gasteiger partial charge in [0, 0.05) is 16.2 Å². The van der Waals surface area contributed by atoms with Crippen molar-refractivity contribution in [3.05, 3.63) is 45.5 Å². The zero-order chi connectivity index (χ0) is 14.1. The van der Waals surface area contributed by atoms with Crippen LogP contribution >= 0.6 is 27.5 Å². The molecule has 0 bridgehead atoms. The lowest BCUT2D eigenvalue weighted by molar-refractivity contribution is 0.431. The lowest BCUT2D eigenvalue weighted by atomic mass is 10.2. The molecule has 0 radical (unpaired) electrons. The summed E-state index contributed by atoms with van der Waals surface area (Å²) in [6.45, 7) is 0. The number of nitriles is 1. The second-order valence-electron chi connectivity index (χ2n) is 3.97. The zero-order valence-corrected chi connectivity index (χ0v) is 12.2. The SMILES string of the molecule is N#Cc1c[nH]c(-c2nc(-c3ccc(Cl)c(Br)c3)no2)c1. The topological polar surface area (TPSA) is 78.5 Å². The number of benzene rings is 1. The second kappa shape index (κ2) is 5.12. The van der Waals surface area contributed by atoms with E-state index in [2.05, 4.69) is 31.1 Å². The smallest absolute Gasteiger partial charge is 0.274 e. The number of H-pyrrole nitrogens is 1. The van der Waals surface area contributed by atoms with Gasteiger partial charge in [-0.25, -0.2) is 0 Å². The average molecular weight is 350 g/mol. The van der Waals surface area contributed by atoms with Crippen LogP contribution in [0.5, 0.6) is 0 Å². The second-order valence-corrected chi connectivity index (χ2v) is 5.23. The normalized spacial score (nSPS) is 10.4. The van der Waals surface area contributed by atoms with E-state index in [-0.39, 0.29) is 0 Å². The summed E-state index contributed by atoms with van der Waals surface area (Å²) in [5, 5.41) is 13.3. The van der Waals surface area contributed by atoms with Gasteiger partial charge in [-0.1, -0.05) is 16.8 Å². The third kappa shape index (κ3) is 2.33. The van der Waals surface area contributed by atoms with Crippen LogP contribution in [0.4, 0.5) is 0 Å². The van der Waals surface area contributed by atoms with Crippen LogP contribution in [0.1, 0.15) is 5.56 Å². The molecular weight excluding hydrogens is 344 g/mol. The summed E-state index contributed by atoms with van der Waals surface area (Å²) < 4.78 is 5.94.